The van der Waals surface area contributed by atoms with Crippen molar-refractivity contribution in [2.24, 2.45) is 5.41 Å². The van der Waals surface area contributed by atoms with Gasteiger partial charge in [-0.15, -0.1) is 11.6 Å². The lowest BCUT2D eigenvalue weighted by Gasteiger charge is -2.20. The maximum Gasteiger partial charge on any atom is 0.305 e. The molecular formula is C10H18ClNO3. The van der Waals surface area contributed by atoms with Crippen molar-refractivity contribution in [1.82, 2.24) is 5.32 Å². The molecule has 0 aliphatic carbocycles. The Balaban J connectivity index is 3.69. The molecule has 0 heterocycles. The van der Waals surface area contributed by atoms with Gasteiger partial charge in [-0.05, 0) is 20.3 Å². The molecule has 0 fully saturated rings. The average Bonchev–Trinajstić information content (AvgIpc) is 2.23. The first-order chi connectivity index (χ1) is 6.94. The van der Waals surface area contributed by atoms with Crippen molar-refractivity contribution >= 4 is 23.5 Å². The third-order valence-electron chi connectivity index (χ3n) is 2.02. The van der Waals surface area contributed by atoms with E-state index < -0.39 is 5.41 Å². The van der Waals surface area contributed by atoms with Crippen LogP contribution < -0.4 is 5.32 Å². The Morgan fingerprint density at radius 1 is 1.40 bits per heavy atom. The van der Waals surface area contributed by atoms with E-state index in [0.29, 0.717) is 19.4 Å². The normalized spacial score (nSPS) is 10.9. The van der Waals surface area contributed by atoms with Gasteiger partial charge >= 0.3 is 5.97 Å². The molecule has 0 saturated carbocycles. The Morgan fingerprint density at radius 3 is 2.47 bits per heavy atom. The Morgan fingerprint density at radius 2 is 2.00 bits per heavy atom. The van der Waals surface area contributed by atoms with Crippen LogP contribution in [0.5, 0.6) is 0 Å². The summed E-state index contributed by atoms with van der Waals surface area (Å²) in [5, 5.41) is 2.72. The topological polar surface area (TPSA) is 55.4 Å². The Bertz CT molecular complexity index is 229. The summed E-state index contributed by atoms with van der Waals surface area (Å²) in [7, 11) is 1.34. The number of hydrogen-bond donors (Lipinski definition) is 1. The van der Waals surface area contributed by atoms with Crippen LogP contribution >= 0.6 is 11.6 Å². The van der Waals surface area contributed by atoms with Gasteiger partial charge in [-0.3, -0.25) is 9.59 Å². The van der Waals surface area contributed by atoms with Gasteiger partial charge in [0.25, 0.3) is 0 Å². The summed E-state index contributed by atoms with van der Waals surface area (Å²) in [4.78, 5) is 22.3. The highest BCUT2D eigenvalue weighted by molar-refractivity contribution is 6.19. The Hall–Kier alpha value is -0.770. The minimum absolute atomic E-state index is 0.0950. The molecule has 1 amide bonds. The molecule has 0 unspecified atom stereocenters. The average molecular weight is 236 g/mol. The van der Waals surface area contributed by atoms with Crippen molar-refractivity contribution in [2.45, 2.75) is 26.7 Å². The van der Waals surface area contributed by atoms with Crippen LogP contribution in [0.2, 0.25) is 0 Å². The van der Waals surface area contributed by atoms with Gasteiger partial charge in [0.05, 0.1) is 12.5 Å². The van der Waals surface area contributed by atoms with Gasteiger partial charge in [0.2, 0.25) is 5.91 Å². The van der Waals surface area contributed by atoms with Gasteiger partial charge in [0.15, 0.2) is 0 Å². The number of nitrogens with one attached hydrogen (secondary N) is 1. The molecule has 0 aromatic rings. The zero-order chi connectivity index (χ0) is 11.9. The highest BCUT2D eigenvalue weighted by atomic mass is 35.5. The highest BCUT2D eigenvalue weighted by Crippen LogP contribution is 2.16. The van der Waals surface area contributed by atoms with Crippen molar-refractivity contribution in [2.75, 3.05) is 19.5 Å². The number of rotatable bonds is 6. The quantitative estimate of drug-likeness (QED) is 0.429. The van der Waals surface area contributed by atoms with E-state index in [4.69, 9.17) is 11.6 Å². The van der Waals surface area contributed by atoms with Gasteiger partial charge in [0.1, 0.15) is 0 Å². The fraction of sp³-hybridized carbons (Fsp3) is 0.800. The monoisotopic (exact) mass is 235 g/mol. The zero-order valence-corrected chi connectivity index (χ0v) is 10.2. The van der Waals surface area contributed by atoms with Gasteiger partial charge < -0.3 is 10.1 Å². The Kier molecular flexibility index (Phi) is 6.32. The number of carbonyl (C=O) groups excluding carboxylic acids is 2. The van der Waals surface area contributed by atoms with Crippen LogP contribution in [-0.4, -0.2) is 31.4 Å². The van der Waals surface area contributed by atoms with Crippen LogP contribution in [-0.2, 0) is 14.3 Å². The molecule has 88 valence electrons. The molecule has 0 aromatic heterocycles. The minimum Gasteiger partial charge on any atom is -0.469 e. The summed E-state index contributed by atoms with van der Waals surface area (Å²) in [5.41, 5.74) is -0.563. The van der Waals surface area contributed by atoms with E-state index in [2.05, 4.69) is 10.1 Å². The van der Waals surface area contributed by atoms with E-state index >= 15 is 0 Å². The number of esters is 1. The summed E-state index contributed by atoms with van der Waals surface area (Å²) in [5.74, 6) is -0.0845. The second-order valence-electron chi connectivity index (χ2n) is 3.95. The molecule has 0 aromatic carbocycles. The van der Waals surface area contributed by atoms with E-state index in [0.717, 1.165) is 0 Å². The van der Waals surface area contributed by atoms with E-state index in [-0.39, 0.29) is 17.8 Å². The maximum absolute atomic E-state index is 11.5. The van der Waals surface area contributed by atoms with Crippen LogP contribution in [0.3, 0.4) is 0 Å². The highest BCUT2D eigenvalue weighted by Gasteiger charge is 2.25. The molecule has 15 heavy (non-hydrogen) atoms. The lowest BCUT2D eigenvalue weighted by molar-refractivity contribution is -0.140. The predicted molar refractivity (Wildman–Crippen MR) is 58.8 cm³/mol. The van der Waals surface area contributed by atoms with Crippen LogP contribution in [0.25, 0.3) is 0 Å². The van der Waals surface area contributed by atoms with Gasteiger partial charge in [-0.2, -0.15) is 0 Å². The minimum atomic E-state index is -0.563. The van der Waals surface area contributed by atoms with Crippen molar-refractivity contribution in [3.63, 3.8) is 0 Å². The maximum atomic E-state index is 11.5. The molecule has 0 atom stereocenters. The first-order valence-electron chi connectivity index (χ1n) is 4.85. The lowest BCUT2D eigenvalue weighted by Crippen LogP contribution is -2.38. The number of amides is 1. The van der Waals surface area contributed by atoms with Crippen molar-refractivity contribution in [3.8, 4) is 0 Å². The van der Waals surface area contributed by atoms with Gasteiger partial charge in [-0.25, -0.2) is 0 Å². The molecule has 1 N–H and O–H groups in total. The zero-order valence-electron chi connectivity index (χ0n) is 9.43. The number of carbonyl (C=O) groups is 2. The van der Waals surface area contributed by atoms with Crippen LogP contribution in [0.1, 0.15) is 26.7 Å². The molecule has 0 radical (unpaired) electrons. The summed E-state index contributed by atoms with van der Waals surface area (Å²) >= 11 is 5.64. The molecule has 0 aliphatic rings. The summed E-state index contributed by atoms with van der Waals surface area (Å²) < 4.78 is 4.47. The number of ether oxygens (including phenoxy) is 1. The van der Waals surface area contributed by atoms with E-state index in [1.54, 1.807) is 13.8 Å². The lowest BCUT2D eigenvalue weighted by atomic mass is 9.95. The van der Waals surface area contributed by atoms with Crippen molar-refractivity contribution < 1.29 is 14.3 Å². The fourth-order valence-corrected chi connectivity index (χ4v) is 0.958. The fourth-order valence-electron chi connectivity index (χ4n) is 0.837. The second kappa shape index (κ2) is 6.67. The molecule has 0 aliphatic heterocycles. The van der Waals surface area contributed by atoms with Crippen LogP contribution in [0, 0.1) is 5.41 Å². The molecule has 0 rings (SSSR count). The van der Waals surface area contributed by atoms with Crippen molar-refractivity contribution in [1.29, 1.82) is 0 Å². The smallest absolute Gasteiger partial charge is 0.305 e. The summed E-state index contributed by atoms with van der Waals surface area (Å²) in [6, 6.07) is 0. The van der Waals surface area contributed by atoms with Crippen molar-refractivity contribution in [3.05, 3.63) is 0 Å². The van der Waals surface area contributed by atoms with Gasteiger partial charge in [0, 0.05) is 18.8 Å². The van der Waals surface area contributed by atoms with E-state index in [1.807, 2.05) is 0 Å². The number of alkyl halides is 1. The molecular weight excluding hydrogens is 218 g/mol. The largest absolute Gasteiger partial charge is 0.469 e. The number of methoxy groups -OCH3 is 1. The first-order valence-corrected chi connectivity index (χ1v) is 5.38. The number of hydrogen-bond acceptors (Lipinski definition) is 3. The molecule has 0 saturated heterocycles. The standard InChI is InChI=1S/C10H18ClNO3/c1-10(2,7-11)9(14)12-6-4-5-8(13)15-3/h4-7H2,1-3H3,(H,12,14). The van der Waals surface area contributed by atoms with E-state index in [9.17, 15) is 9.59 Å². The van der Waals surface area contributed by atoms with Crippen LogP contribution in [0.15, 0.2) is 0 Å². The van der Waals surface area contributed by atoms with Gasteiger partial charge in [-0.1, -0.05) is 0 Å². The molecule has 4 nitrogen and oxygen atoms in total. The second-order valence-corrected chi connectivity index (χ2v) is 4.22. The Labute approximate surface area is 95.3 Å². The predicted octanol–water partition coefficient (Wildman–Crippen LogP) is 1.32. The first kappa shape index (κ1) is 14.2. The SMILES string of the molecule is COC(=O)CCCNC(=O)C(C)(C)CCl. The number of halogens is 1. The molecule has 0 bridgehead atoms. The third-order valence-corrected chi connectivity index (χ3v) is 2.69. The van der Waals surface area contributed by atoms with Crippen LogP contribution in [0.4, 0.5) is 0 Å². The summed E-state index contributed by atoms with van der Waals surface area (Å²) in [6.07, 6.45) is 0.898. The molecule has 0 spiro atoms. The summed E-state index contributed by atoms with van der Waals surface area (Å²) in [6.45, 7) is 4.01. The van der Waals surface area contributed by atoms with E-state index in [1.165, 1.54) is 7.11 Å². The third kappa shape index (κ3) is 5.62. The molecule has 5 heteroatoms.